The van der Waals surface area contributed by atoms with Crippen LogP contribution in [0.3, 0.4) is 0 Å². The van der Waals surface area contributed by atoms with E-state index < -0.39 is 0 Å². The van der Waals surface area contributed by atoms with Gasteiger partial charge in [0, 0.05) is 63.6 Å². The first-order valence-electron chi connectivity index (χ1n) is 18.8. The van der Waals surface area contributed by atoms with Crippen LogP contribution in [0, 0.1) is 0 Å². The normalized spacial score (nSPS) is 12.0. The topological polar surface area (TPSA) is 30.7 Å². The molecule has 0 unspecified atom stereocenters. The average molecular weight is 752 g/mol. The van der Waals surface area contributed by atoms with Gasteiger partial charge in [0.1, 0.15) is 0 Å². The van der Waals surface area contributed by atoms with E-state index in [9.17, 15) is 0 Å². The fraction of sp³-hybridized carbons (Fsp3) is 0.0196. The molecular formula is C51H33N3S2. The molecule has 0 saturated carbocycles. The fourth-order valence-electron chi connectivity index (χ4n) is 8.34. The summed E-state index contributed by atoms with van der Waals surface area (Å²) in [7, 11) is 0. The van der Waals surface area contributed by atoms with Gasteiger partial charge in [-0.2, -0.15) is 0 Å². The van der Waals surface area contributed by atoms with Crippen LogP contribution in [0.15, 0.2) is 164 Å². The Balaban J connectivity index is 1.27. The molecule has 3 nitrogen and oxygen atoms in total. The number of aromatic nitrogens is 3. The van der Waals surface area contributed by atoms with Crippen LogP contribution in [0.25, 0.3) is 115 Å². The molecule has 56 heavy (non-hydrogen) atoms. The molecule has 0 aliphatic rings. The van der Waals surface area contributed by atoms with Crippen molar-refractivity contribution in [2.75, 3.05) is 0 Å². The van der Waals surface area contributed by atoms with Crippen molar-refractivity contribution in [3.8, 4) is 39.5 Å². The smallest absolute Gasteiger partial charge is 0.160 e. The molecule has 0 fully saturated rings. The third-order valence-corrected chi connectivity index (χ3v) is 13.2. The number of hydrogen-bond acceptors (Lipinski definition) is 4. The van der Waals surface area contributed by atoms with Crippen molar-refractivity contribution in [2.24, 2.45) is 0 Å². The minimum absolute atomic E-state index is 0.687. The van der Waals surface area contributed by atoms with Crippen LogP contribution >= 0.6 is 22.7 Å². The summed E-state index contributed by atoms with van der Waals surface area (Å²) in [4.78, 5) is 11.9. The van der Waals surface area contributed by atoms with Crippen molar-refractivity contribution in [2.45, 2.75) is 6.92 Å². The molecule has 4 heterocycles. The Kier molecular flexibility index (Phi) is 7.59. The van der Waals surface area contributed by atoms with Crippen molar-refractivity contribution < 1.29 is 0 Å². The predicted molar refractivity (Wildman–Crippen MR) is 243 cm³/mol. The minimum Gasteiger partial charge on any atom is -0.309 e. The minimum atomic E-state index is 0.687. The maximum Gasteiger partial charge on any atom is 0.160 e. The lowest BCUT2D eigenvalue weighted by molar-refractivity contribution is 1.18. The van der Waals surface area contributed by atoms with E-state index in [1.165, 1.54) is 52.8 Å². The maximum atomic E-state index is 5.42. The second-order valence-electron chi connectivity index (χ2n) is 14.1. The molecule has 0 spiro atoms. The third kappa shape index (κ3) is 5.09. The lowest BCUT2D eigenvalue weighted by Crippen LogP contribution is -1.99. The summed E-state index contributed by atoms with van der Waals surface area (Å²) in [6.07, 6.45) is 6.16. The lowest BCUT2D eigenvalue weighted by Gasteiger charge is -2.15. The molecular weight excluding hydrogens is 719 g/mol. The number of benzene rings is 7. The van der Waals surface area contributed by atoms with Gasteiger partial charge in [-0.05, 0) is 59.8 Å². The first-order valence-corrected chi connectivity index (χ1v) is 20.4. The molecule has 0 saturated heterocycles. The molecule has 4 aromatic heterocycles. The van der Waals surface area contributed by atoms with Crippen LogP contribution in [-0.4, -0.2) is 14.5 Å². The Morgan fingerprint density at radius 2 is 1.30 bits per heavy atom. The molecule has 0 bridgehead atoms. The SMILES string of the molecule is C=Cc1sc2c(-c3ccccc3)nc(-c3cc(-c4ccccc4)cc(-n4c5cc6sc7ccccc7c6cc5c5ccc6ccccc6c54)c3)nc2c1/C=C\C. The zero-order valence-electron chi connectivity index (χ0n) is 30.5. The van der Waals surface area contributed by atoms with Crippen LogP contribution in [0.5, 0.6) is 0 Å². The molecule has 0 radical (unpaired) electrons. The van der Waals surface area contributed by atoms with Crippen molar-refractivity contribution in [1.29, 1.82) is 0 Å². The quantitative estimate of drug-likeness (QED) is 0.169. The molecule has 0 aliphatic heterocycles. The van der Waals surface area contributed by atoms with Gasteiger partial charge >= 0.3 is 0 Å². The van der Waals surface area contributed by atoms with Crippen molar-refractivity contribution in [3.63, 3.8) is 0 Å². The number of hydrogen-bond donors (Lipinski definition) is 0. The highest BCUT2D eigenvalue weighted by atomic mass is 32.1. The highest BCUT2D eigenvalue weighted by molar-refractivity contribution is 7.25. The Bertz CT molecular complexity index is 3380. The molecule has 0 N–H and O–H groups in total. The summed E-state index contributed by atoms with van der Waals surface area (Å²) in [5.74, 6) is 0.687. The molecule has 11 rings (SSSR count). The lowest BCUT2D eigenvalue weighted by atomic mass is 10.0. The summed E-state index contributed by atoms with van der Waals surface area (Å²) in [5, 5.41) is 7.50. The van der Waals surface area contributed by atoms with E-state index in [0.29, 0.717) is 5.82 Å². The molecule has 11 aromatic rings. The number of fused-ring (bicyclic) bond motifs is 9. The van der Waals surface area contributed by atoms with Gasteiger partial charge in [0.25, 0.3) is 0 Å². The van der Waals surface area contributed by atoms with E-state index in [2.05, 4.69) is 175 Å². The molecule has 7 aromatic carbocycles. The van der Waals surface area contributed by atoms with Gasteiger partial charge in [0.05, 0.1) is 26.9 Å². The first-order chi connectivity index (χ1) is 27.7. The van der Waals surface area contributed by atoms with Gasteiger partial charge in [0.15, 0.2) is 5.82 Å². The van der Waals surface area contributed by atoms with Gasteiger partial charge in [-0.15, -0.1) is 22.7 Å². The van der Waals surface area contributed by atoms with Crippen molar-refractivity contribution in [3.05, 3.63) is 175 Å². The largest absolute Gasteiger partial charge is 0.309 e. The van der Waals surface area contributed by atoms with Crippen LogP contribution < -0.4 is 0 Å². The molecule has 0 aliphatic carbocycles. The average Bonchev–Trinajstić information content (AvgIpc) is 3.92. The van der Waals surface area contributed by atoms with E-state index in [1.54, 1.807) is 11.3 Å². The zero-order chi connectivity index (χ0) is 37.3. The number of rotatable bonds is 6. The molecule has 5 heteroatoms. The highest BCUT2D eigenvalue weighted by Crippen LogP contribution is 2.44. The van der Waals surface area contributed by atoms with Crippen LogP contribution in [0.1, 0.15) is 17.4 Å². The molecule has 0 atom stereocenters. The molecule has 264 valence electrons. The summed E-state index contributed by atoms with van der Waals surface area (Å²) in [5.41, 5.74) is 10.6. The van der Waals surface area contributed by atoms with Crippen LogP contribution in [0.4, 0.5) is 0 Å². The maximum absolute atomic E-state index is 5.42. The van der Waals surface area contributed by atoms with Crippen LogP contribution in [-0.2, 0) is 0 Å². The van der Waals surface area contributed by atoms with Gasteiger partial charge < -0.3 is 4.57 Å². The summed E-state index contributed by atoms with van der Waals surface area (Å²) < 4.78 is 6.12. The summed E-state index contributed by atoms with van der Waals surface area (Å²) >= 11 is 3.56. The Morgan fingerprint density at radius 3 is 2.11 bits per heavy atom. The highest BCUT2D eigenvalue weighted by Gasteiger charge is 2.22. The number of thiophene rings is 2. The molecule has 0 amide bonds. The number of allylic oxidation sites excluding steroid dienone is 1. The van der Waals surface area contributed by atoms with Crippen molar-refractivity contribution in [1.82, 2.24) is 14.5 Å². The predicted octanol–water partition coefficient (Wildman–Crippen LogP) is 15.0. The Hall–Kier alpha value is -6.66. The van der Waals surface area contributed by atoms with E-state index in [4.69, 9.17) is 9.97 Å². The van der Waals surface area contributed by atoms with Gasteiger partial charge in [-0.25, -0.2) is 9.97 Å². The first kappa shape index (κ1) is 32.7. The van der Waals surface area contributed by atoms with Crippen LogP contribution in [0.2, 0.25) is 0 Å². The standard InChI is InChI=1S/C51H33N3S2/c1-3-15-40-44(4-2)56-50-47(33-19-9-6-10-20-33)52-51(53-48(40)50)35-26-34(31-16-7-5-8-17-31)27-36(28-35)54-43-30-46-42(38-22-13-14-23-45(38)55-46)29-41(43)39-25-24-32-18-11-12-21-37(32)49(39)54/h3-30H,2H2,1H3/b15-3-. The Morgan fingerprint density at radius 1 is 0.571 bits per heavy atom. The van der Waals surface area contributed by atoms with Gasteiger partial charge in [0.2, 0.25) is 0 Å². The van der Waals surface area contributed by atoms with Crippen molar-refractivity contribution >= 4 is 97.8 Å². The zero-order valence-corrected chi connectivity index (χ0v) is 32.2. The van der Waals surface area contributed by atoms with Gasteiger partial charge in [-0.3, -0.25) is 0 Å². The van der Waals surface area contributed by atoms with E-state index in [1.807, 2.05) is 24.3 Å². The fourth-order valence-corrected chi connectivity index (χ4v) is 10.6. The van der Waals surface area contributed by atoms with Gasteiger partial charge in [-0.1, -0.05) is 140 Å². The third-order valence-electron chi connectivity index (χ3n) is 10.9. The Labute approximate surface area is 331 Å². The second kappa shape index (κ2) is 13.0. The van der Waals surface area contributed by atoms with E-state index >= 15 is 0 Å². The van der Waals surface area contributed by atoms with E-state index in [-0.39, 0.29) is 0 Å². The second-order valence-corrected chi connectivity index (χ2v) is 16.3. The number of nitrogens with zero attached hydrogens (tertiary/aromatic N) is 3. The summed E-state index contributed by atoms with van der Waals surface area (Å²) in [6.45, 7) is 6.22. The van der Waals surface area contributed by atoms with E-state index in [0.717, 1.165) is 54.3 Å². The summed E-state index contributed by atoms with van der Waals surface area (Å²) in [6, 6.07) is 54.9. The monoisotopic (exact) mass is 751 g/mol.